The minimum Gasteiger partial charge on any atom is -0.508 e. The van der Waals surface area contributed by atoms with E-state index in [1.807, 2.05) is 0 Å². The van der Waals surface area contributed by atoms with Gasteiger partial charge in [-0.25, -0.2) is 0 Å². The summed E-state index contributed by atoms with van der Waals surface area (Å²) < 4.78 is 0. The summed E-state index contributed by atoms with van der Waals surface area (Å²) in [5.74, 6) is -1.02. The van der Waals surface area contributed by atoms with Crippen LogP contribution in [0, 0.1) is 5.41 Å². The summed E-state index contributed by atoms with van der Waals surface area (Å²) in [5.41, 5.74) is -0.292. The Labute approximate surface area is 124 Å². The molecule has 1 aliphatic rings. The molecule has 0 saturated heterocycles. The molecule has 0 spiro atoms. The second-order valence-electron chi connectivity index (χ2n) is 5.73. The number of carboxylic acids is 1. The Kier molecular flexibility index (Phi) is 4.83. The van der Waals surface area contributed by atoms with Crippen molar-refractivity contribution in [1.29, 1.82) is 0 Å². The minimum atomic E-state index is -0.916. The van der Waals surface area contributed by atoms with Crippen LogP contribution in [0.2, 0.25) is 0 Å². The SMILES string of the molecule is O=C(CC1(C(=O)O)CCCCC1)NCc1ccccc1O. The van der Waals surface area contributed by atoms with E-state index >= 15 is 0 Å². The largest absolute Gasteiger partial charge is 0.508 e. The Hall–Kier alpha value is -2.04. The molecule has 1 saturated carbocycles. The van der Waals surface area contributed by atoms with E-state index in [9.17, 15) is 19.8 Å². The van der Waals surface area contributed by atoms with Crippen molar-refractivity contribution in [3.8, 4) is 5.75 Å². The van der Waals surface area contributed by atoms with Gasteiger partial charge in [0.2, 0.25) is 5.91 Å². The van der Waals surface area contributed by atoms with Gasteiger partial charge >= 0.3 is 5.97 Å². The van der Waals surface area contributed by atoms with Gasteiger partial charge in [0.25, 0.3) is 0 Å². The smallest absolute Gasteiger partial charge is 0.310 e. The fourth-order valence-electron chi connectivity index (χ4n) is 2.92. The number of carbonyl (C=O) groups excluding carboxylic acids is 1. The third-order valence-corrected chi connectivity index (χ3v) is 4.23. The number of para-hydroxylation sites is 1. The number of phenolic OH excluding ortho intramolecular Hbond substituents is 1. The normalized spacial score (nSPS) is 17.1. The molecule has 21 heavy (non-hydrogen) atoms. The molecule has 5 heteroatoms. The number of benzene rings is 1. The maximum Gasteiger partial charge on any atom is 0.310 e. The molecule has 0 aromatic heterocycles. The first-order chi connectivity index (χ1) is 10.0. The zero-order valence-electron chi connectivity index (χ0n) is 12.0. The molecule has 2 rings (SSSR count). The van der Waals surface area contributed by atoms with Gasteiger partial charge in [0.15, 0.2) is 0 Å². The van der Waals surface area contributed by atoms with Crippen LogP contribution in [0.5, 0.6) is 5.75 Å². The first-order valence-electron chi connectivity index (χ1n) is 7.30. The average Bonchev–Trinajstić information content (AvgIpc) is 2.47. The van der Waals surface area contributed by atoms with E-state index in [4.69, 9.17) is 0 Å². The summed E-state index contributed by atoms with van der Waals surface area (Å²) in [6.07, 6.45) is 3.89. The standard InChI is InChI=1S/C16H21NO4/c18-13-7-3-2-6-12(13)11-17-14(19)10-16(15(20)21)8-4-1-5-9-16/h2-3,6-7,18H,1,4-5,8-11H2,(H,17,19)(H,20,21). The minimum absolute atomic E-state index is 0.00985. The van der Waals surface area contributed by atoms with Crippen LogP contribution in [0.25, 0.3) is 0 Å². The van der Waals surface area contributed by atoms with Gasteiger partial charge in [-0.2, -0.15) is 0 Å². The highest BCUT2D eigenvalue weighted by molar-refractivity contribution is 5.85. The molecule has 114 valence electrons. The highest BCUT2D eigenvalue weighted by atomic mass is 16.4. The summed E-state index contributed by atoms with van der Waals surface area (Å²) in [4.78, 5) is 23.6. The third kappa shape index (κ3) is 3.74. The molecule has 0 bridgehead atoms. The van der Waals surface area contributed by atoms with Crippen molar-refractivity contribution in [2.45, 2.75) is 45.1 Å². The number of carbonyl (C=O) groups is 2. The number of amides is 1. The Morgan fingerprint density at radius 2 is 1.81 bits per heavy atom. The number of rotatable bonds is 5. The Bertz CT molecular complexity index is 521. The van der Waals surface area contributed by atoms with Crippen molar-refractivity contribution in [2.24, 2.45) is 5.41 Å². The van der Waals surface area contributed by atoms with E-state index in [1.54, 1.807) is 24.3 Å². The molecule has 5 nitrogen and oxygen atoms in total. The predicted octanol–water partition coefficient (Wildman–Crippen LogP) is 2.43. The van der Waals surface area contributed by atoms with Crippen molar-refractivity contribution >= 4 is 11.9 Å². The van der Waals surface area contributed by atoms with Crippen molar-refractivity contribution in [3.05, 3.63) is 29.8 Å². The number of hydrogen-bond donors (Lipinski definition) is 3. The first kappa shape index (κ1) is 15.4. The van der Waals surface area contributed by atoms with Crippen LogP contribution >= 0.6 is 0 Å². The Morgan fingerprint density at radius 3 is 2.43 bits per heavy atom. The van der Waals surface area contributed by atoms with Crippen LogP contribution in [-0.2, 0) is 16.1 Å². The summed E-state index contributed by atoms with van der Waals surface area (Å²) in [6.45, 7) is 0.210. The first-order valence-corrected chi connectivity index (χ1v) is 7.30. The summed E-state index contributed by atoms with van der Waals surface area (Å²) >= 11 is 0. The quantitative estimate of drug-likeness (QED) is 0.777. The summed E-state index contributed by atoms with van der Waals surface area (Å²) in [5, 5.41) is 21.8. The number of carboxylic acid groups (broad SMARTS) is 1. The fourth-order valence-corrected chi connectivity index (χ4v) is 2.92. The summed E-state index contributed by atoms with van der Waals surface area (Å²) in [6, 6.07) is 6.77. The molecule has 1 aliphatic carbocycles. The maximum atomic E-state index is 12.0. The van der Waals surface area contributed by atoms with Crippen LogP contribution in [0.4, 0.5) is 0 Å². The molecule has 0 atom stereocenters. The zero-order valence-corrected chi connectivity index (χ0v) is 12.0. The number of phenols is 1. The van der Waals surface area contributed by atoms with Crippen LogP contribution in [0.15, 0.2) is 24.3 Å². The molecule has 1 amide bonds. The maximum absolute atomic E-state index is 12.0. The van der Waals surface area contributed by atoms with Crippen LogP contribution < -0.4 is 5.32 Å². The van der Waals surface area contributed by atoms with Gasteiger partial charge in [-0.15, -0.1) is 0 Å². The van der Waals surface area contributed by atoms with Crippen LogP contribution in [0.1, 0.15) is 44.1 Å². The summed E-state index contributed by atoms with van der Waals surface area (Å²) in [7, 11) is 0. The Balaban J connectivity index is 1.94. The molecule has 0 heterocycles. The average molecular weight is 291 g/mol. The van der Waals surface area contributed by atoms with E-state index in [2.05, 4.69) is 5.32 Å². The van der Waals surface area contributed by atoms with Gasteiger partial charge in [-0.1, -0.05) is 37.5 Å². The lowest BCUT2D eigenvalue weighted by Crippen LogP contribution is -2.39. The fraction of sp³-hybridized carbons (Fsp3) is 0.500. The van der Waals surface area contributed by atoms with Crippen molar-refractivity contribution in [1.82, 2.24) is 5.32 Å². The third-order valence-electron chi connectivity index (χ3n) is 4.23. The second kappa shape index (κ2) is 6.61. The van der Waals surface area contributed by atoms with Crippen molar-refractivity contribution in [2.75, 3.05) is 0 Å². The van der Waals surface area contributed by atoms with Gasteiger partial charge in [0, 0.05) is 18.5 Å². The molecule has 1 aromatic carbocycles. The van der Waals surface area contributed by atoms with Gasteiger partial charge < -0.3 is 15.5 Å². The van der Waals surface area contributed by atoms with Crippen molar-refractivity contribution < 1.29 is 19.8 Å². The predicted molar refractivity (Wildman–Crippen MR) is 77.7 cm³/mol. The molecule has 1 aromatic rings. The monoisotopic (exact) mass is 291 g/mol. The number of hydrogen-bond acceptors (Lipinski definition) is 3. The van der Waals surface area contributed by atoms with E-state index in [0.29, 0.717) is 18.4 Å². The van der Waals surface area contributed by atoms with E-state index < -0.39 is 11.4 Å². The van der Waals surface area contributed by atoms with Gasteiger partial charge in [0.1, 0.15) is 5.75 Å². The highest BCUT2D eigenvalue weighted by Gasteiger charge is 2.41. The number of aliphatic carboxylic acids is 1. The van der Waals surface area contributed by atoms with E-state index in [1.165, 1.54) is 0 Å². The molecule has 1 fully saturated rings. The van der Waals surface area contributed by atoms with Gasteiger partial charge in [-0.05, 0) is 18.9 Å². The lowest BCUT2D eigenvalue weighted by molar-refractivity contribution is -0.154. The second-order valence-corrected chi connectivity index (χ2v) is 5.73. The zero-order chi connectivity index (χ0) is 15.3. The molecular weight excluding hydrogens is 270 g/mol. The van der Waals surface area contributed by atoms with Crippen molar-refractivity contribution in [3.63, 3.8) is 0 Å². The van der Waals surface area contributed by atoms with Crippen LogP contribution in [0.3, 0.4) is 0 Å². The van der Waals surface area contributed by atoms with E-state index in [-0.39, 0.29) is 24.6 Å². The highest BCUT2D eigenvalue weighted by Crippen LogP contribution is 2.39. The topological polar surface area (TPSA) is 86.6 Å². The molecular formula is C16H21NO4. The molecule has 0 aliphatic heterocycles. The number of nitrogens with one attached hydrogen (secondary N) is 1. The lowest BCUT2D eigenvalue weighted by atomic mass is 9.71. The van der Waals surface area contributed by atoms with Gasteiger partial charge in [-0.3, -0.25) is 9.59 Å². The molecule has 0 radical (unpaired) electrons. The lowest BCUT2D eigenvalue weighted by Gasteiger charge is -2.32. The molecule has 3 N–H and O–H groups in total. The van der Waals surface area contributed by atoms with E-state index in [0.717, 1.165) is 19.3 Å². The van der Waals surface area contributed by atoms with Crippen LogP contribution in [-0.4, -0.2) is 22.1 Å². The number of aromatic hydroxyl groups is 1. The van der Waals surface area contributed by atoms with Gasteiger partial charge in [0.05, 0.1) is 5.41 Å². The molecule has 0 unspecified atom stereocenters. The Morgan fingerprint density at radius 1 is 1.14 bits per heavy atom.